The average Bonchev–Trinajstić information content (AvgIpc) is 2.34. The zero-order valence-corrected chi connectivity index (χ0v) is 13.1. The Bertz CT molecular complexity index is 419. The van der Waals surface area contributed by atoms with Crippen LogP contribution in [0.25, 0.3) is 0 Å². The van der Waals surface area contributed by atoms with Crippen molar-refractivity contribution >= 4 is 27.5 Å². The Kier molecular flexibility index (Phi) is 6.28. The first-order valence-corrected chi connectivity index (χ1v) is 7.26. The Balaban J connectivity index is 2.64. The van der Waals surface area contributed by atoms with Crippen LogP contribution in [0.3, 0.4) is 0 Å². The third kappa shape index (κ3) is 4.82. The fourth-order valence-corrected chi connectivity index (χ4v) is 2.25. The predicted octanol–water partition coefficient (Wildman–Crippen LogP) is 3.69. The molecule has 1 rings (SSSR count). The minimum atomic E-state index is -0.493. The first-order valence-electron chi connectivity index (χ1n) is 6.46. The molecule has 2 atom stereocenters. The standard InChI is InChI=1S/C14H20BrFN2O/c1-4-6-9(2)17-14(19)10(3)18-13-11(15)7-5-8-12(13)16/h5,7-10,18H,4,6H2,1-3H3,(H,17,19). The highest BCUT2D eigenvalue weighted by atomic mass is 79.9. The smallest absolute Gasteiger partial charge is 0.242 e. The second-order valence-corrected chi connectivity index (χ2v) is 5.52. The molecule has 0 fully saturated rings. The fraction of sp³-hybridized carbons (Fsp3) is 0.500. The lowest BCUT2D eigenvalue weighted by Gasteiger charge is -2.19. The zero-order valence-electron chi connectivity index (χ0n) is 11.5. The lowest BCUT2D eigenvalue weighted by atomic mass is 10.2. The molecule has 0 aliphatic heterocycles. The van der Waals surface area contributed by atoms with E-state index >= 15 is 0 Å². The van der Waals surface area contributed by atoms with E-state index in [0.717, 1.165) is 12.8 Å². The molecular weight excluding hydrogens is 311 g/mol. The molecule has 1 aromatic rings. The highest BCUT2D eigenvalue weighted by Gasteiger charge is 2.17. The molecule has 2 N–H and O–H groups in total. The molecule has 5 heteroatoms. The topological polar surface area (TPSA) is 41.1 Å². The van der Waals surface area contributed by atoms with Crippen LogP contribution in [0.5, 0.6) is 0 Å². The van der Waals surface area contributed by atoms with E-state index in [4.69, 9.17) is 0 Å². The van der Waals surface area contributed by atoms with Gasteiger partial charge in [0.2, 0.25) is 5.91 Å². The molecule has 0 aromatic heterocycles. The molecule has 1 amide bonds. The summed E-state index contributed by atoms with van der Waals surface area (Å²) < 4.78 is 14.2. The van der Waals surface area contributed by atoms with Gasteiger partial charge < -0.3 is 10.6 Å². The van der Waals surface area contributed by atoms with Gasteiger partial charge in [-0.05, 0) is 48.3 Å². The van der Waals surface area contributed by atoms with Gasteiger partial charge in [-0.25, -0.2) is 4.39 Å². The second kappa shape index (κ2) is 7.48. The highest BCUT2D eigenvalue weighted by molar-refractivity contribution is 9.10. The first-order chi connectivity index (χ1) is 8.95. The van der Waals surface area contributed by atoms with Crippen LogP contribution in [0.1, 0.15) is 33.6 Å². The number of halogens is 2. The summed E-state index contributed by atoms with van der Waals surface area (Å²) in [5.41, 5.74) is 0.313. The molecule has 19 heavy (non-hydrogen) atoms. The van der Waals surface area contributed by atoms with E-state index in [1.54, 1.807) is 19.1 Å². The maximum atomic E-state index is 13.6. The molecule has 0 spiro atoms. The number of carbonyl (C=O) groups excluding carboxylic acids is 1. The van der Waals surface area contributed by atoms with Gasteiger partial charge in [0.1, 0.15) is 11.9 Å². The lowest BCUT2D eigenvalue weighted by molar-refractivity contribution is -0.122. The van der Waals surface area contributed by atoms with E-state index in [2.05, 4.69) is 33.5 Å². The van der Waals surface area contributed by atoms with Gasteiger partial charge in [0.15, 0.2) is 0 Å². The van der Waals surface area contributed by atoms with Gasteiger partial charge in [-0.15, -0.1) is 0 Å². The van der Waals surface area contributed by atoms with Crippen LogP contribution < -0.4 is 10.6 Å². The fourth-order valence-electron chi connectivity index (χ4n) is 1.79. The first kappa shape index (κ1) is 16.0. The van der Waals surface area contributed by atoms with Gasteiger partial charge in [0, 0.05) is 10.5 Å². The summed E-state index contributed by atoms with van der Waals surface area (Å²) in [6, 6.07) is 4.34. The minimum absolute atomic E-state index is 0.129. The van der Waals surface area contributed by atoms with Crippen molar-refractivity contribution in [3.63, 3.8) is 0 Å². The van der Waals surface area contributed by atoms with Gasteiger partial charge in [-0.2, -0.15) is 0 Å². The number of hydrogen-bond donors (Lipinski definition) is 2. The molecule has 1 aromatic carbocycles. The molecule has 2 unspecified atom stereocenters. The average molecular weight is 331 g/mol. The number of para-hydroxylation sites is 1. The van der Waals surface area contributed by atoms with Crippen LogP contribution in [0.2, 0.25) is 0 Å². The van der Waals surface area contributed by atoms with E-state index in [1.165, 1.54) is 6.07 Å². The van der Waals surface area contributed by atoms with Crippen LogP contribution in [-0.4, -0.2) is 18.0 Å². The van der Waals surface area contributed by atoms with Crippen LogP contribution in [0.15, 0.2) is 22.7 Å². The quantitative estimate of drug-likeness (QED) is 0.835. The molecular formula is C14H20BrFN2O. The Labute approximate surface area is 122 Å². The number of benzene rings is 1. The minimum Gasteiger partial charge on any atom is -0.371 e. The number of carbonyl (C=O) groups is 1. The predicted molar refractivity (Wildman–Crippen MR) is 79.7 cm³/mol. The zero-order chi connectivity index (χ0) is 14.4. The number of amides is 1. The van der Waals surface area contributed by atoms with E-state index in [-0.39, 0.29) is 17.8 Å². The van der Waals surface area contributed by atoms with Crippen molar-refractivity contribution < 1.29 is 9.18 Å². The molecule has 0 radical (unpaired) electrons. The van der Waals surface area contributed by atoms with Gasteiger partial charge in [0.05, 0.1) is 5.69 Å². The molecule has 106 valence electrons. The van der Waals surface area contributed by atoms with Gasteiger partial charge in [0.25, 0.3) is 0 Å². The summed E-state index contributed by atoms with van der Waals surface area (Å²) >= 11 is 3.27. The van der Waals surface area contributed by atoms with Crippen molar-refractivity contribution in [1.82, 2.24) is 5.32 Å². The molecule has 0 aliphatic rings. The van der Waals surface area contributed by atoms with Crippen LogP contribution >= 0.6 is 15.9 Å². The molecule has 0 bridgehead atoms. The lowest BCUT2D eigenvalue weighted by Crippen LogP contribution is -2.42. The monoisotopic (exact) mass is 330 g/mol. The Morgan fingerprint density at radius 1 is 1.42 bits per heavy atom. The van der Waals surface area contributed by atoms with E-state index in [0.29, 0.717) is 10.2 Å². The summed E-state index contributed by atoms with van der Waals surface area (Å²) in [6.45, 7) is 5.75. The molecule has 3 nitrogen and oxygen atoms in total. The number of anilines is 1. The van der Waals surface area contributed by atoms with E-state index in [9.17, 15) is 9.18 Å². The molecule has 0 saturated heterocycles. The van der Waals surface area contributed by atoms with Crippen molar-refractivity contribution in [2.75, 3.05) is 5.32 Å². The third-order valence-corrected chi connectivity index (χ3v) is 3.49. The van der Waals surface area contributed by atoms with Crippen molar-refractivity contribution in [2.24, 2.45) is 0 Å². The van der Waals surface area contributed by atoms with Crippen LogP contribution in [0.4, 0.5) is 10.1 Å². The van der Waals surface area contributed by atoms with Crippen LogP contribution in [0, 0.1) is 5.82 Å². The summed E-state index contributed by atoms with van der Waals surface area (Å²) in [5.74, 6) is -0.508. The Hall–Kier alpha value is -1.10. The maximum Gasteiger partial charge on any atom is 0.242 e. The van der Waals surface area contributed by atoms with Crippen LogP contribution in [-0.2, 0) is 4.79 Å². The summed E-state index contributed by atoms with van der Waals surface area (Å²) in [4.78, 5) is 11.9. The summed E-state index contributed by atoms with van der Waals surface area (Å²) in [5, 5.41) is 5.79. The third-order valence-electron chi connectivity index (χ3n) is 2.83. The second-order valence-electron chi connectivity index (χ2n) is 4.66. The summed E-state index contributed by atoms with van der Waals surface area (Å²) in [6.07, 6.45) is 1.95. The molecule has 0 saturated carbocycles. The summed E-state index contributed by atoms with van der Waals surface area (Å²) in [7, 11) is 0. The molecule has 0 aliphatic carbocycles. The highest BCUT2D eigenvalue weighted by Crippen LogP contribution is 2.25. The van der Waals surface area contributed by atoms with Crippen molar-refractivity contribution in [3.05, 3.63) is 28.5 Å². The Morgan fingerprint density at radius 3 is 2.68 bits per heavy atom. The number of hydrogen-bond acceptors (Lipinski definition) is 2. The van der Waals surface area contributed by atoms with Gasteiger partial charge in [-0.3, -0.25) is 4.79 Å². The van der Waals surface area contributed by atoms with E-state index in [1.807, 2.05) is 6.92 Å². The van der Waals surface area contributed by atoms with Crippen molar-refractivity contribution in [3.8, 4) is 0 Å². The Morgan fingerprint density at radius 2 is 2.11 bits per heavy atom. The number of rotatable bonds is 6. The SMILES string of the molecule is CCCC(C)NC(=O)C(C)Nc1c(F)cccc1Br. The largest absolute Gasteiger partial charge is 0.371 e. The van der Waals surface area contributed by atoms with E-state index < -0.39 is 6.04 Å². The normalized spacial score (nSPS) is 13.7. The molecule has 0 heterocycles. The maximum absolute atomic E-state index is 13.6. The van der Waals surface area contributed by atoms with Gasteiger partial charge >= 0.3 is 0 Å². The van der Waals surface area contributed by atoms with Crippen molar-refractivity contribution in [2.45, 2.75) is 45.7 Å². The van der Waals surface area contributed by atoms with Crippen molar-refractivity contribution in [1.29, 1.82) is 0 Å². The number of nitrogens with one attached hydrogen (secondary N) is 2. The van der Waals surface area contributed by atoms with Gasteiger partial charge in [-0.1, -0.05) is 19.4 Å².